The number of aryl methyl sites for hydroxylation is 1. The second kappa shape index (κ2) is 7.71. The number of hydrogen-bond acceptors (Lipinski definition) is 6. The van der Waals surface area contributed by atoms with E-state index in [2.05, 4.69) is 27.2 Å². The third-order valence-corrected chi connectivity index (χ3v) is 6.20. The fourth-order valence-electron chi connectivity index (χ4n) is 3.37. The van der Waals surface area contributed by atoms with Crippen molar-refractivity contribution in [2.75, 3.05) is 18.0 Å². The highest BCUT2D eigenvalue weighted by atomic mass is 32.1. The van der Waals surface area contributed by atoms with Crippen LogP contribution in [0, 0.1) is 12.8 Å². The summed E-state index contributed by atoms with van der Waals surface area (Å²) in [4.78, 5) is 31.5. The predicted molar refractivity (Wildman–Crippen MR) is 110 cm³/mol. The van der Waals surface area contributed by atoms with Crippen LogP contribution in [0.3, 0.4) is 0 Å². The zero-order valence-corrected chi connectivity index (χ0v) is 16.8. The number of piperidine rings is 1. The van der Waals surface area contributed by atoms with Crippen molar-refractivity contribution in [2.24, 2.45) is 5.92 Å². The molecule has 3 heterocycles. The third-order valence-electron chi connectivity index (χ3n) is 5.23. The molecule has 7 nitrogen and oxygen atoms in total. The van der Waals surface area contributed by atoms with Crippen LogP contribution < -0.4 is 15.8 Å². The minimum Gasteiger partial charge on any atom is -0.347 e. The number of nitrogens with zero attached hydrogens (tertiary/aromatic N) is 4. The maximum absolute atomic E-state index is 12.8. The maximum atomic E-state index is 12.8. The van der Waals surface area contributed by atoms with E-state index in [1.54, 1.807) is 0 Å². The van der Waals surface area contributed by atoms with Crippen LogP contribution in [-0.2, 0) is 6.54 Å². The van der Waals surface area contributed by atoms with Gasteiger partial charge in [-0.25, -0.2) is 0 Å². The summed E-state index contributed by atoms with van der Waals surface area (Å²) < 4.78 is 1.49. The molecule has 0 radical (unpaired) electrons. The zero-order valence-electron chi connectivity index (χ0n) is 16.0. The van der Waals surface area contributed by atoms with Gasteiger partial charge in [0.25, 0.3) is 11.5 Å². The van der Waals surface area contributed by atoms with Crippen LogP contribution in [0.2, 0.25) is 0 Å². The molecule has 1 aliphatic rings. The molecule has 8 heteroatoms. The number of amides is 1. The summed E-state index contributed by atoms with van der Waals surface area (Å²) in [5.74, 6) is 0.384. The Kier molecular flexibility index (Phi) is 5.13. The van der Waals surface area contributed by atoms with Crippen LogP contribution >= 0.6 is 11.3 Å². The van der Waals surface area contributed by atoms with Crippen molar-refractivity contribution in [1.29, 1.82) is 0 Å². The quantitative estimate of drug-likeness (QED) is 0.732. The molecule has 3 aromatic rings. The van der Waals surface area contributed by atoms with E-state index < -0.39 is 5.56 Å². The van der Waals surface area contributed by atoms with Gasteiger partial charge in [0.05, 0.1) is 0 Å². The molecule has 1 N–H and O–H groups in total. The Morgan fingerprint density at radius 2 is 2.04 bits per heavy atom. The smallest absolute Gasteiger partial charge is 0.274 e. The lowest BCUT2D eigenvalue weighted by atomic mass is 10.00. The molecule has 0 aliphatic carbocycles. The SMILES string of the molecule is Cc1ccccc1CNC(=O)c1cc(=O)nc2sc(N3CCC(C)CC3)nn12. The number of rotatable bonds is 4. The zero-order chi connectivity index (χ0) is 19.7. The van der Waals surface area contributed by atoms with Gasteiger partial charge in [0, 0.05) is 25.7 Å². The van der Waals surface area contributed by atoms with Gasteiger partial charge in [0.1, 0.15) is 5.69 Å². The van der Waals surface area contributed by atoms with Gasteiger partial charge < -0.3 is 10.2 Å². The molecule has 0 unspecified atom stereocenters. The Morgan fingerprint density at radius 3 is 2.79 bits per heavy atom. The van der Waals surface area contributed by atoms with Crippen LogP contribution in [-0.4, -0.2) is 33.6 Å². The Hall–Kier alpha value is -2.74. The molecule has 0 saturated carbocycles. The molecular formula is C20H23N5O2S. The van der Waals surface area contributed by atoms with E-state index in [0.717, 1.165) is 42.2 Å². The highest BCUT2D eigenvalue weighted by Gasteiger charge is 2.22. The molecular weight excluding hydrogens is 374 g/mol. The van der Waals surface area contributed by atoms with E-state index in [1.807, 2.05) is 31.2 Å². The van der Waals surface area contributed by atoms with Gasteiger partial charge in [-0.2, -0.15) is 9.50 Å². The molecule has 28 heavy (non-hydrogen) atoms. The largest absolute Gasteiger partial charge is 0.347 e. The molecule has 1 aliphatic heterocycles. The van der Waals surface area contributed by atoms with Crippen molar-refractivity contribution in [2.45, 2.75) is 33.2 Å². The second-order valence-corrected chi connectivity index (χ2v) is 8.27. The normalized spacial score (nSPS) is 15.1. The first-order valence-corrected chi connectivity index (χ1v) is 10.3. The number of fused-ring (bicyclic) bond motifs is 1. The van der Waals surface area contributed by atoms with Gasteiger partial charge in [-0.05, 0) is 36.8 Å². The van der Waals surface area contributed by atoms with E-state index in [4.69, 9.17) is 0 Å². The molecule has 1 saturated heterocycles. The van der Waals surface area contributed by atoms with Crippen molar-refractivity contribution >= 4 is 27.3 Å². The first-order chi connectivity index (χ1) is 13.5. The number of benzene rings is 1. The summed E-state index contributed by atoms with van der Waals surface area (Å²) in [6, 6.07) is 9.13. The van der Waals surface area contributed by atoms with Gasteiger partial charge in [-0.3, -0.25) is 9.59 Å². The van der Waals surface area contributed by atoms with Gasteiger partial charge in [-0.1, -0.05) is 42.5 Å². The molecule has 1 fully saturated rings. The first-order valence-electron chi connectivity index (χ1n) is 9.50. The molecule has 146 valence electrons. The molecule has 0 bridgehead atoms. The molecule has 2 aromatic heterocycles. The van der Waals surface area contributed by atoms with Crippen LogP contribution in [0.4, 0.5) is 5.13 Å². The summed E-state index contributed by atoms with van der Waals surface area (Å²) in [5.41, 5.74) is 1.94. The third kappa shape index (κ3) is 3.77. The predicted octanol–water partition coefficient (Wildman–Crippen LogP) is 2.63. The second-order valence-electron chi connectivity index (χ2n) is 7.34. The number of anilines is 1. The Bertz CT molecular complexity index is 1070. The van der Waals surface area contributed by atoms with Crippen LogP contribution in [0.5, 0.6) is 0 Å². The van der Waals surface area contributed by atoms with E-state index in [1.165, 1.54) is 21.9 Å². The summed E-state index contributed by atoms with van der Waals surface area (Å²) >= 11 is 1.35. The number of aromatic nitrogens is 3. The average Bonchev–Trinajstić information content (AvgIpc) is 3.10. The summed E-state index contributed by atoms with van der Waals surface area (Å²) in [7, 11) is 0. The maximum Gasteiger partial charge on any atom is 0.274 e. The van der Waals surface area contributed by atoms with E-state index >= 15 is 0 Å². The van der Waals surface area contributed by atoms with Gasteiger partial charge in [0.2, 0.25) is 10.1 Å². The van der Waals surface area contributed by atoms with E-state index in [-0.39, 0.29) is 11.6 Å². The van der Waals surface area contributed by atoms with E-state index in [9.17, 15) is 9.59 Å². The van der Waals surface area contributed by atoms with Crippen molar-refractivity contribution in [3.63, 3.8) is 0 Å². The number of carbonyl (C=O) groups is 1. The number of nitrogens with one attached hydrogen (secondary N) is 1. The first kappa shape index (κ1) is 18.6. The Morgan fingerprint density at radius 1 is 1.29 bits per heavy atom. The van der Waals surface area contributed by atoms with Crippen LogP contribution in [0.25, 0.3) is 4.96 Å². The average molecular weight is 398 g/mol. The lowest BCUT2D eigenvalue weighted by Crippen LogP contribution is -2.32. The lowest BCUT2D eigenvalue weighted by molar-refractivity contribution is 0.0943. The fraction of sp³-hybridized carbons (Fsp3) is 0.400. The monoisotopic (exact) mass is 397 g/mol. The van der Waals surface area contributed by atoms with Crippen LogP contribution in [0.1, 0.15) is 41.4 Å². The standard InChI is InChI=1S/C20H23N5O2S/c1-13-7-9-24(10-8-13)20-23-25-16(11-17(26)22-19(25)28-20)18(27)21-12-15-6-4-3-5-14(15)2/h3-6,11,13H,7-10,12H2,1-2H3,(H,21,27). The molecule has 1 aromatic carbocycles. The highest BCUT2D eigenvalue weighted by Crippen LogP contribution is 2.27. The molecule has 0 atom stereocenters. The van der Waals surface area contributed by atoms with Crippen molar-refractivity contribution in [3.05, 3.63) is 57.5 Å². The Balaban J connectivity index is 1.60. The summed E-state index contributed by atoms with van der Waals surface area (Å²) in [6.07, 6.45) is 2.23. The Labute approximate surface area is 167 Å². The lowest BCUT2D eigenvalue weighted by Gasteiger charge is -2.29. The van der Waals surface area contributed by atoms with Gasteiger partial charge >= 0.3 is 0 Å². The van der Waals surface area contributed by atoms with Crippen molar-refractivity contribution in [1.82, 2.24) is 19.9 Å². The highest BCUT2D eigenvalue weighted by molar-refractivity contribution is 7.20. The minimum absolute atomic E-state index is 0.219. The van der Waals surface area contributed by atoms with Crippen molar-refractivity contribution in [3.8, 4) is 0 Å². The van der Waals surface area contributed by atoms with Crippen LogP contribution in [0.15, 0.2) is 35.1 Å². The van der Waals surface area contributed by atoms with Gasteiger partial charge in [-0.15, -0.1) is 5.10 Å². The fourth-order valence-corrected chi connectivity index (χ4v) is 4.33. The van der Waals surface area contributed by atoms with Gasteiger partial charge in [0.15, 0.2) is 0 Å². The molecule has 4 rings (SSSR count). The molecule has 0 spiro atoms. The minimum atomic E-state index is -0.427. The number of carbonyl (C=O) groups excluding carboxylic acids is 1. The topological polar surface area (TPSA) is 79.6 Å². The number of hydrogen-bond donors (Lipinski definition) is 1. The summed E-state index contributed by atoms with van der Waals surface area (Å²) in [6.45, 7) is 6.52. The van der Waals surface area contributed by atoms with E-state index in [0.29, 0.717) is 17.4 Å². The molecule has 1 amide bonds. The summed E-state index contributed by atoms with van der Waals surface area (Å²) in [5, 5.41) is 8.29. The van der Waals surface area contributed by atoms with Crippen molar-refractivity contribution < 1.29 is 4.79 Å².